The van der Waals surface area contributed by atoms with Crippen molar-refractivity contribution >= 4 is 28.1 Å². The maximum absolute atomic E-state index is 12.3. The van der Waals surface area contributed by atoms with Crippen molar-refractivity contribution in [2.75, 3.05) is 0 Å². The number of ether oxygens (including phenoxy) is 1. The normalized spacial score (nSPS) is 10.9. The number of rotatable bonds is 7. The van der Waals surface area contributed by atoms with E-state index in [1.54, 1.807) is 23.2 Å². The van der Waals surface area contributed by atoms with E-state index < -0.39 is 0 Å². The molecule has 0 aliphatic carbocycles. The number of hydrogen-bond acceptors (Lipinski definition) is 4. The molecule has 4 rings (SSSR count). The summed E-state index contributed by atoms with van der Waals surface area (Å²) in [5.41, 5.74) is 4.70. The van der Waals surface area contributed by atoms with Crippen molar-refractivity contribution in [3.8, 4) is 11.5 Å². The van der Waals surface area contributed by atoms with Crippen molar-refractivity contribution in [2.24, 2.45) is 5.10 Å². The van der Waals surface area contributed by atoms with Crippen LogP contribution in [0.1, 0.15) is 21.6 Å². The molecule has 6 nitrogen and oxygen atoms in total. The molecule has 7 heteroatoms. The van der Waals surface area contributed by atoms with Crippen molar-refractivity contribution in [3.05, 3.63) is 112 Å². The molecule has 0 radical (unpaired) electrons. The number of carbonyl (C=O) groups is 1. The third-order valence-electron chi connectivity index (χ3n) is 4.35. The molecule has 1 amide bonds. The largest absolute Gasteiger partial charge is 0.457 e. The number of hydrazone groups is 1. The highest BCUT2D eigenvalue weighted by atomic mass is 79.9. The number of benzene rings is 3. The lowest BCUT2D eigenvalue weighted by Gasteiger charge is -2.05. The zero-order chi connectivity index (χ0) is 21.5. The number of amides is 1. The molecule has 0 atom stereocenters. The molecule has 0 saturated heterocycles. The molecule has 1 heterocycles. The summed E-state index contributed by atoms with van der Waals surface area (Å²) < 4.78 is 8.54. The van der Waals surface area contributed by atoms with Gasteiger partial charge in [0.2, 0.25) is 0 Å². The molecule has 0 bridgehead atoms. The van der Waals surface area contributed by atoms with Gasteiger partial charge in [-0.15, -0.1) is 0 Å². The van der Waals surface area contributed by atoms with E-state index in [9.17, 15) is 4.79 Å². The fourth-order valence-electron chi connectivity index (χ4n) is 2.85. The first-order valence-corrected chi connectivity index (χ1v) is 10.4. The van der Waals surface area contributed by atoms with Crippen LogP contribution < -0.4 is 10.2 Å². The van der Waals surface area contributed by atoms with Gasteiger partial charge in [-0.2, -0.15) is 10.2 Å². The van der Waals surface area contributed by atoms with E-state index in [0.29, 0.717) is 18.0 Å². The van der Waals surface area contributed by atoms with Gasteiger partial charge in [0.05, 0.1) is 12.8 Å². The minimum Gasteiger partial charge on any atom is -0.457 e. The topological polar surface area (TPSA) is 68.5 Å². The minimum absolute atomic E-state index is 0.301. The zero-order valence-electron chi connectivity index (χ0n) is 16.5. The highest BCUT2D eigenvalue weighted by molar-refractivity contribution is 9.10. The Hall–Kier alpha value is -3.71. The number of halogens is 1. The first kappa shape index (κ1) is 20.6. The van der Waals surface area contributed by atoms with Gasteiger partial charge in [0.15, 0.2) is 5.69 Å². The number of nitrogens with zero attached hydrogens (tertiary/aromatic N) is 3. The second kappa shape index (κ2) is 9.86. The lowest BCUT2D eigenvalue weighted by atomic mass is 10.2. The lowest BCUT2D eigenvalue weighted by molar-refractivity contribution is 0.0949. The third-order valence-corrected chi connectivity index (χ3v) is 4.88. The van der Waals surface area contributed by atoms with Gasteiger partial charge in [-0.25, -0.2) is 5.43 Å². The molecule has 0 fully saturated rings. The maximum atomic E-state index is 12.3. The van der Waals surface area contributed by atoms with Gasteiger partial charge < -0.3 is 4.74 Å². The Morgan fingerprint density at radius 2 is 1.77 bits per heavy atom. The first-order chi connectivity index (χ1) is 15.2. The number of nitrogens with one attached hydrogen (secondary N) is 1. The zero-order valence-corrected chi connectivity index (χ0v) is 18.1. The van der Waals surface area contributed by atoms with Crippen molar-refractivity contribution in [1.29, 1.82) is 0 Å². The van der Waals surface area contributed by atoms with Crippen LogP contribution in [0.4, 0.5) is 0 Å². The van der Waals surface area contributed by atoms with Crippen LogP contribution in [0.2, 0.25) is 0 Å². The minimum atomic E-state index is -0.373. The Kier molecular flexibility index (Phi) is 6.54. The van der Waals surface area contributed by atoms with Gasteiger partial charge in [0.25, 0.3) is 5.91 Å². The molecule has 1 aromatic heterocycles. The summed E-state index contributed by atoms with van der Waals surface area (Å²) in [6.45, 7) is 0.581. The van der Waals surface area contributed by atoms with Gasteiger partial charge in [0.1, 0.15) is 11.5 Å². The number of para-hydroxylation sites is 1. The van der Waals surface area contributed by atoms with Gasteiger partial charge in [-0.05, 0) is 53.6 Å². The van der Waals surface area contributed by atoms with Crippen LogP contribution in [-0.2, 0) is 6.54 Å². The van der Waals surface area contributed by atoms with Gasteiger partial charge >= 0.3 is 0 Å². The SMILES string of the molecule is O=C(N/N=C/c1cccc(Oc2ccccc2)c1)c1ccn(Cc2ccc(Br)cc2)n1. The fourth-order valence-corrected chi connectivity index (χ4v) is 3.12. The van der Waals surface area contributed by atoms with Crippen LogP contribution in [0, 0.1) is 0 Å². The van der Waals surface area contributed by atoms with Crippen molar-refractivity contribution in [2.45, 2.75) is 6.54 Å². The van der Waals surface area contributed by atoms with Crippen LogP contribution in [0.5, 0.6) is 11.5 Å². The molecular formula is C24H19BrN4O2. The standard InChI is InChI=1S/C24H19BrN4O2/c25-20-11-9-18(10-12-20)17-29-14-13-23(28-29)24(30)27-26-16-19-5-4-8-22(15-19)31-21-6-2-1-3-7-21/h1-16H,17H2,(H,27,30)/b26-16+. The molecule has 0 spiro atoms. The molecule has 31 heavy (non-hydrogen) atoms. The van der Waals surface area contributed by atoms with Crippen molar-refractivity contribution < 1.29 is 9.53 Å². The van der Waals surface area contributed by atoms with Crippen LogP contribution in [0.15, 0.2) is 101 Å². The third kappa shape index (κ3) is 5.90. The van der Waals surface area contributed by atoms with Gasteiger partial charge in [0, 0.05) is 10.7 Å². The summed E-state index contributed by atoms with van der Waals surface area (Å²) in [5, 5.41) is 8.35. The smallest absolute Gasteiger partial charge is 0.291 e. The predicted octanol–water partition coefficient (Wildman–Crippen LogP) is 5.25. The molecule has 3 aromatic carbocycles. The highest BCUT2D eigenvalue weighted by Gasteiger charge is 2.08. The number of carbonyl (C=O) groups excluding carboxylic acids is 1. The monoisotopic (exact) mass is 474 g/mol. The number of hydrogen-bond donors (Lipinski definition) is 1. The van der Waals surface area contributed by atoms with Crippen LogP contribution in [0.25, 0.3) is 0 Å². The van der Waals surface area contributed by atoms with Crippen LogP contribution in [-0.4, -0.2) is 21.9 Å². The van der Waals surface area contributed by atoms with E-state index in [2.05, 4.69) is 31.6 Å². The van der Waals surface area contributed by atoms with E-state index in [4.69, 9.17) is 4.74 Å². The molecular weight excluding hydrogens is 456 g/mol. The molecule has 0 unspecified atom stereocenters. The Morgan fingerprint density at radius 3 is 2.58 bits per heavy atom. The summed E-state index contributed by atoms with van der Waals surface area (Å²) in [5.74, 6) is 1.07. The first-order valence-electron chi connectivity index (χ1n) is 9.60. The van der Waals surface area contributed by atoms with E-state index in [-0.39, 0.29) is 5.91 Å². The molecule has 0 saturated carbocycles. The molecule has 4 aromatic rings. The van der Waals surface area contributed by atoms with Crippen molar-refractivity contribution in [3.63, 3.8) is 0 Å². The Morgan fingerprint density at radius 1 is 1.00 bits per heavy atom. The summed E-state index contributed by atoms with van der Waals surface area (Å²) in [4.78, 5) is 12.3. The fraction of sp³-hybridized carbons (Fsp3) is 0.0417. The summed E-state index contributed by atoms with van der Waals surface area (Å²) >= 11 is 3.42. The molecule has 0 aliphatic heterocycles. The molecule has 1 N–H and O–H groups in total. The highest BCUT2D eigenvalue weighted by Crippen LogP contribution is 2.21. The summed E-state index contributed by atoms with van der Waals surface area (Å²) in [7, 11) is 0. The average Bonchev–Trinajstić information content (AvgIpc) is 3.25. The Balaban J connectivity index is 1.34. The summed E-state index contributed by atoms with van der Waals surface area (Å²) in [6.07, 6.45) is 3.33. The lowest BCUT2D eigenvalue weighted by Crippen LogP contribution is -2.18. The quantitative estimate of drug-likeness (QED) is 0.293. The second-order valence-electron chi connectivity index (χ2n) is 6.71. The van der Waals surface area contributed by atoms with Gasteiger partial charge in [-0.1, -0.05) is 58.4 Å². The second-order valence-corrected chi connectivity index (χ2v) is 7.63. The van der Waals surface area contributed by atoms with Gasteiger partial charge in [-0.3, -0.25) is 9.48 Å². The predicted molar refractivity (Wildman–Crippen MR) is 123 cm³/mol. The Bertz CT molecular complexity index is 1190. The van der Waals surface area contributed by atoms with E-state index in [1.165, 1.54) is 0 Å². The molecule has 0 aliphatic rings. The summed E-state index contributed by atoms with van der Waals surface area (Å²) in [6, 6.07) is 26.6. The van der Waals surface area contributed by atoms with Crippen LogP contribution >= 0.6 is 15.9 Å². The maximum Gasteiger partial charge on any atom is 0.291 e. The van der Waals surface area contributed by atoms with E-state index >= 15 is 0 Å². The molecule has 154 valence electrons. The van der Waals surface area contributed by atoms with E-state index in [1.807, 2.05) is 78.9 Å². The average molecular weight is 475 g/mol. The Labute approximate surface area is 188 Å². The van der Waals surface area contributed by atoms with Crippen molar-refractivity contribution in [1.82, 2.24) is 15.2 Å². The number of aromatic nitrogens is 2. The van der Waals surface area contributed by atoms with E-state index in [0.717, 1.165) is 21.3 Å². The van der Waals surface area contributed by atoms with Crippen LogP contribution in [0.3, 0.4) is 0 Å².